The lowest BCUT2D eigenvalue weighted by atomic mass is 10.1. The van der Waals surface area contributed by atoms with Gasteiger partial charge in [-0.15, -0.1) is 0 Å². The maximum absolute atomic E-state index is 14.0. The van der Waals surface area contributed by atoms with Crippen LogP contribution in [-0.4, -0.2) is 44.3 Å². The molecule has 0 aromatic heterocycles. The minimum atomic E-state index is -4.20. The number of carbonyl (C=O) groups excluding carboxylic acids is 2. The number of hydrogen-bond donors (Lipinski definition) is 1. The van der Waals surface area contributed by atoms with Crippen molar-refractivity contribution >= 4 is 62.3 Å². The minimum absolute atomic E-state index is 0.00762. The van der Waals surface area contributed by atoms with Crippen molar-refractivity contribution in [1.29, 1.82) is 0 Å². The molecule has 0 aliphatic rings. The van der Waals surface area contributed by atoms with E-state index in [0.717, 1.165) is 17.1 Å². The predicted molar refractivity (Wildman–Crippen MR) is 162 cm³/mol. The summed E-state index contributed by atoms with van der Waals surface area (Å²) in [4.78, 5) is 28.4. The molecule has 3 rings (SSSR count). The topological polar surface area (TPSA) is 86.8 Å². The van der Waals surface area contributed by atoms with E-state index in [2.05, 4.69) is 5.32 Å². The average molecular weight is 625 g/mol. The van der Waals surface area contributed by atoms with Gasteiger partial charge in [-0.2, -0.15) is 0 Å². The van der Waals surface area contributed by atoms with Gasteiger partial charge >= 0.3 is 0 Å². The summed E-state index contributed by atoms with van der Waals surface area (Å²) in [7, 11) is -4.20. The molecule has 3 aromatic carbocycles. The number of sulfonamides is 1. The molecule has 214 valence electrons. The number of amides is 2. The van der Waals surface area contributed by atoms with Crippen molar-refractivity contribution in [3.63, 3.8) is 0 Å². The Morgan fingerprint density at radius 2 is 1.60 bits per heavy atom. The summed E-state index contributed by atoms with van der Waals surface area (Å²) >= 11 is 19.1. The molecule has 2 amide bonds. The molecule has 0 heterocycles. The molecule has 1 N–H and O–H groups in total. The largest absolute Gasteiger partial charge is 0.354 e. The number of carbonyl (C=O) groups is 2. The van der Waals surface area contributed by atoms with Crippen molar-refractivity contribution in [1.82, 2.24) is 10.2 Å². The fourth-order valence-electron chi connectivity index (χ4n) is 4.06. The molecule has 0 saturated carbocycles. The molecule has 0 aliphatic carbocycles. The van der Waals surface area contributed by atoms with Crippen LogP contribution in [0.25, 0.3) is 0 Å². The van der Waals surface area contributed by atoms with Crippen LogP contribution in [0.15, 0.2) is 71.6 Å². The Labute approximate surface area is 251 Å². The number of anilines is 1. The quantitative estimate of drug-likeness (QED) is 0.234. The van der Waals surface area contributed by atoms with Crippen molar-refractivity contribution in [3.8, 4) is 0 Å². The molecule has 1 atom stereocenters. The number of nitrogens with zero attached hydrogens (tertiary/aromatic N) is 2. The van der Waals surface area contributed by atoms with E-state index in [4.69, 9.17) is 34.8 Å². The third-order valence-corrected chi connectivity index (χ3v) is 9.15. The van der Waals surface area contributed by atoms with Crippen LogP contribution >= 0.6 is 34.8 Å². The summed E-state index contributed by atoms with van der Waals surface area (Å²) in [6.45, 7) is 5.08. The Morgan fingerprint density at radius 1 is 0.950 bits per heavy atom. The highest BCUT2D eigenvalue weighted by Gasteiger charge is 2.33. The van der Waals surface area contributed by atoms with Crippen molar-refractivity contribution in [2.45, 2.75) is 51.1 Å². The third-order valence-electron chi connectivity index (χ3n) is 6.44. The number of nitrogens with one attached hydrogen (secondary N) is 1. The first-order valence-corrected chi connectivity index (χ1v) is 15.4. The second kappa shape index (κ2) is 14.2. The van der Waals surface area contributed by atoms with Gasteiger partial charge in [0.2, 0.25) is 11.8 Å². The van der Waals surface area contributed by atoms with Gasteiger partial charge in [-0.3, -0.25) is 13.9 Å². The van der Waals surface area contributed by atoms with Gasteiger partial charge in [0.15, 0.2) is 0 Å². The number of rotatable bonds is 12. The van der Waals surface area contributed by atoms with Crippen LogP contribution in [0, 0.1) is 6.92 Å². The van der Waals surface area contributed by atoms with E-state index in [1.165, 1.54) is 23.1 Å². The lowest BCUT2D eigenvalue weighted by Crippen LogP contribution is -2.51. The predicted octanol–water partition coefficient (Wildman–Crippen LogP) is 6.48. The first-order chi connectivity index (χ1) is 19.0. The van der Waals surface area contributed by atoms with Gasteiger partial charge in [-0.1, -0.05) is 78.5 Å². The van der Waals surface area contributed by atoms with Gasteiger partial charge in [0.05, 0.1) is 10.6 Å². The smallest absolute Gasteiger partial charge is 0.264 e. The molecule has 3 aromatic rings. The summed E-state index contributed by atoms with van der Waals surface area (Å²) in [5.41, 5.74) is 1.30. The molecule has 0 fully saturated rings. The van der Waals surface area contributed by atoms with Crippen molar-refractivity contribution < 1.29 is 18.0 Å². The highest BCUT2D eigenvalue weighted by Crippen LogP contribution is 2.31. The first-order valence-electron chi connectivity index (χ1n) is 12.8. The Morgan fingerprint density at radius 3 is 2.23 bits per heavy atom. The van der Waals surface area contributed by atoms with E-state index in [9.17, 15) is 18.0 Å². The maximum atomic E-state index is 14.0. The molecule has 0 bridgehead atoms. The van der Waals surface area contributed by atoms with Crippen LogP contribution in [0.3, 0.4) is 0 Å². The SMILES string of the molecule is CCCCNC(=O)C(C)N(Cc1c(Cl)cccc1Cl)C(=O)CN(c1cc(Cl)ccc1C)S(=O)(=O)c1ccccc1. The van der Waals surface area contributed by atoms with Crippen LogP contribution in [0.2, 0.25) is 15.1 Å². The van der Waals surface area contributed by atoms with E-state index in [1.54, 1.807) is 62.4 Å². The molecule has 0 saturated heterocycles. The fraction of sp³-hybridized carbons (Fsp3) is 0.310. The summed E-state index contributed by atoms with van der Waals surface area (Å²) in [5.74, 6) is -0.991. The third kappa shape index (κ3) is 7.69. The summed E-state index contributed by atoms with van der Waals surface area (Å²) in [6.07, 6.45) is 1.66. The molecule has 7 nitrogen and oxygen atoms in total. The number of benzene rings is 3. The standard InChI is InChI=1S/C29H32Cl3N3O4S/c1-4-5-16-33-29(37)21(3)34(18-24-25(31)12-9-13-26(24)32)28(36)19-35(27-17-22(30)15-14-20(27)2)40(38,39)23-10-7-6-8-11-23/h6-15,17,21H,4-5,16,18-19H2,1-3H3,(H,33,37). The van der Waals surface area contributed by atoms with Crippen LogP contribution in [0.4, 0.5) is 5.69 Å². The van der Waals surface area contributed by atoms with Gasteiger partial charge in [0, 0.05) is 33.7 Å². The minimum Gasteiger partial charge on any atom is -0.354 e. The molecule has 11 heteroatoms. The monoisotopic (exact) mass is 623 g/mol. The second-order valence-electron chi connectivity index (χ2n) is 9.30. The van der Waals surface area contributed by atoms with E-state index in [1.807, 2.05) is 6.92 Å². The van der Waals surface area contributed by atoms with Gasteiger partial charge in [0.25, 0.3) is 10.0 Å². The molecule has 1 unspecified atom stereocenters. The Kier molecular flexibility index (Phi) is 11.3. The molecular formula is C29H32Cl3N3O4S. The highest BCUT2D eigenvalue weighted by molar-refractivity contribution is 7.92. The zero-order valence-electron chi connectivity index (χ0n) is 22.5. The first kappa shape index (κ1) is 31.7. The van der Waals surface area contributed by atoms with Gasteiger partial charge in [-0.25, -0.2) is 8.42 Å². The van der Waals surface area contributed by atoms with E-state index in [-0.39, 0.29) is 23.0 Å². The van der Waals surface area contributed by atoms with Crippen molar-refractivity contribution in [2.24, 2.45) is 0 Å². The number of halogens is 3. The van der Waals surface area contributed by atoms with Gasteiger partial charge in [0.1, 0.15) is 12.6 Å². The zero-order chi connectivity index (χ0) is 29.4. The summed E-state index contributed by atoms with van der Waals surface area (Å²) in [6, 6.07) is 16.7. The van der Waals surface area contributed by atoms with E-state index < -0.39 is 28.5 Å². The normalized spacial score (nSPS) is 12.1. The summed E-state index contributed by atoms with van der Waals surface area (Å²) < 4.78 is 28.8. The maximum Gasteiger partial charge on any atom is 0.264 e. The van der Waals surface area contributed by atoms with Crippen LogP contribution in [0.5, 0.6) is 0 Å². The summed E-state index contributed by atoms with van der Waals surface area (Å²) in [5, 5.41) is 3.80. The van der Waals surface area contributed by atoms with E-state index >= 15 is 0 Å². The highest BCUT2D eigenvalue weighted by atomic mass is 35.5. The lowest BCUT2D eigenvalue weighted by Gasteiger charge is -2.32. The fourth-order valence-corrected chi connectivity index (χ4v) is 6.23. The molecule has 0 aliphatic heterocycles. The number of unbranched alkanes of at least 4 members (excludes halogenated alkanes) is 1. The van der Waals surface area contributed by atoms with Gasteiger partial charge < -0.3 is 10.2 Å². The van der Waals surface area contributed by atoms with Crippen LogP contribution in [0.1, 0.15) is 37.8 Å². The van der Waals surface area contributed by atoms with Gasteiger partial charge in [-0.05, 0) is 62.2 Å². The van der Waals surface area contributed by atoms with Crippen LogP contribution < -0.4 is 9.62 Å². The molecule has 0 radical (unpaired) electrons. The Bertz CT molecular complexity index is 1430. The zero-order valence-corrected chi connectivity index (χ0v) is 25.6. The Balaban J connectivity index is 2.07. The molecule has 0 spiro atoms. The number of hydrogen-bond acceptors (Lipinski definition) is 4. The molecule has 40 heavy (non-hydrogen) atoms. The number of aryl methyl sites for hydroxylation is 1. The average Bonchev–Trinajstić information content (AvgIpc) is 2.93. The second-order valence-corrected chi connectivity index (χ2v) is 12.4. The van der Waals surface area contributed by atoms with Crippen molar-refractivity contribution in [3.05, 3.63) is 92.9 Å². The van der Waals surface area contributed by atoms with Crippen LogP contribution in [-0.2, 0) is 26.2 Å². The van der Waals surface area contributed by atoms with E-state index in [0.29, 0.717) is 32.7 Å². The Hall–Kier alpha value is -2.78. The molecular weight excluding hydrogens is 593 g/mol. The van der Waals surface area contributed by atoms with Crippen molar-refractivity contribution in [2.75, 3.05) is 17.4 Å². The lowest BCUT2D eigenvalue weighted by molar-refractivity contribution is -0.139.